The first-order chi connectivity index (χ1) is 18.0. The van der Waals surface area contributed by atoms with Crippen LogP contribution in [-0.4, -0.2) is 20.0 Å². The minimum atomic E-state index is -1.96. The van der Waals surface area contributed by atoms with Gasteiger partial charge in [0.25, 0.3) is 0 Å². The molecule has 4 rings (SSSR count). The first-order valence-corrected chi connectivity index (χ1v) is 13.1. The van der Waals surface area contributed by atoms with E-state index in [0.717, 1.165) is 0 Å². The summed E-state index contributed by atoms with van der Waals surface area (Å²) < 4.78 is 2.88. The molecule has 0 saturated heterocycles. The minimum Gasteiger partial charge on any atom is -0.479 e. The number of aliphatic hydroxyl groups is 1. The summed E-state index contributed by atoms with van der Waals surface area (Å²) in [7, 11) is 0. The first kappa shape index (κ1) is 30.6. The van der Waals surface area contributed by atoms with Crippen LogP contribution in [-0.2, 0) is 20.3 Å². The summed E-state index contributed by atoms with van der Waals surface area (Å²) in [5.41, 5.74) is -1.72. The first-order valence-electron chi connectivity index (χ1n) is 10.9. The van der Waals surface area contributed by atoms with E-state index < -0.39 is 21.0 Å². The summed E-state index contributed by atoms with van der Waals surface area (Å²) in [6.45, 7) is 0. The van der Waals surface area contributed by atoms with E-state index in [1.165, 1.54) is 0 Å². The monoisotopic (exact) mass is 630 g/mol. The zero-order valence-electron chi connectivity index (χ0n) is 19.4. The molecule has 10 heteroatoms. The SMILES string of the molecule is O=C(O)C(OCl)(c1ccccc1)c1ccccc1.OC(c1ccc(Cl)cc1)(c1ccc(Cl)cc1)C(Cl)(Cl)Cl. The fourth-order valence-corrected chi connectivity index (χ4v) is 4.91. The number of aliphatic carboxylic acids is 1. The van der Waals surface area contributed by atoms with Gasteiger partial charge in [-0.15, -0.1) is 0 Å². The van der Waals surface area contributed by atoms with E-state index in [9.17, 15) is 15.0 Å². The maximum absolute atomic E-state index is 11.6. The number of carbonyl (C=O) groups is 1. The second kappa shape index (κ2) is 12.9. The summed E-state index contributed by atoms with van der Waals surface area (Å²) >= 11 is 35.2. The van der Waals surface area contributed by atoms with Gasteiger partial charge in [0, 0.05) is 21.2 Å². The molecule has 0 radical (unpaired) electrons. The third-order valence-corrected chi connectivity index (χ3v) is 7.27. The van der Waals surface area contributed by atoms with Gasteiger partial charge in [0.2, 0.25) is 9.39 Å². The number of hydrogen-bond acceptors (Lipinski definition) is 3. The van der Waals surface area contributed by atoms with Crippen LogP contribution < -0.4 is 0 Å². The highest BCUT2D eigenvalue weighted by molar-refractivity contribution is 6.68. The quantitative estimate of drug-likeness (QED) is 0.209. The molecule has 0 heterocycles. The molecule has 4 aromatic carbocycles. The lowest BCUT2D eigenvalue weighted by atomic mass is 9.86. The van der Waals surface area contributed by atoms with Crippen molar-refractivity contribution in [2.24, 2.45) is 0 Å². The van der Waals surface area contributed by atoms with Gasteiger partial charge < -0.3 is 10.2 Å². The Morgan fingerprint density at radius 3 is 1.21 bits per heavy atom. The summed E-state index contributed by atoms with van der Waals surface area (Å²) in [5.74, 6) is -1.16. The van der Waals surface area contributed by atoms with Crippen molar-refractivity contribution >= 4 is 75.8 Å². The Morgan fingerprint density at radius 1 is 0.605 bits per heavy atom. The van der Waals surface area contributed by atoms with Gasteiger partial charge in [-0.3, -0.25) is 4.29 Å². The van der Waals surface area contributed by atoms with Crippen molar-refractivity contribution in [3.63, 3.8) is 0 Å². The predicted molar refractivity (Wildman–Crippen MR) is 154 cm³/mol. The van der Waals surface area contributed by atoms with Crippen LogP contribution in [0.25, 0.3) is 0 Å². The van der Waals surface area contributed by atoms with Gasteiger partial charge >= 0.3 is 5.97 Å². The zero-order valence-corrected chi connectivity index (χ0v) is 23.9. The van der Waals surface area contributed by atoms with E-state index in [1.807, 2.05) is 0 Å². The number of rotatable bonds is 6. The number of carboxylic acid groups (broad SMARTS) is 1. The van der Waals surface area contributed by atoms with E-state index >= 15 is 0 Å². The van der Waals surface area contributed by atoms with Crippen molar-refractivity contribution in [1.29, 1.82) is 0 Å². The predicted octanol–water partition coefficient (Wildman–Crippen LogP) is 8.78. The number of alkyl halides is 3. The van der Waals surface area contributed by atoms with Crippen LogP contribution in [0.15, 0.2) is 109 Å². The van der Waals surface area contributed by atoms with Crippen molar-refractivity contribution in [2.75, 3.05) is 0 Å². The molecular formula is C28H20Cl6O4. The van der Waals surface area contributed by atoms with Crippen molar-refractivity contribution < 1.29 is 19.3 Å². The van der Waals surface area contributed by atoms with Crippen molar-refractivity contribution in [3.8, 4) is 0 Å². The number of hydrogen-bond donors (Lipinski definition) is 2. The molecule has 0 amide bonds. The summed E-state index contributed by atoms with van der Waals surface area (Å²) in [5, 5.41) is 21.6. The van der Waals surface area contributed by atoms with Crippen LogP contribution >= 0.6 is 69.9 Å². The molecule has 0 aliphatic carbocycles. The Morgan fingerprint density at radius 2 is 0.947 bits per heavy atom. The second-order valence-electron chi connectivity index (χ2n) is 8.02. The van der Waals surface area contributed by atoms with Gasteiger partial charge in [0.15, 0.2) is 5.60 Å². The van der Waals surface area contributed by atoms with Crippen molar-refractivity contribution in [3.05, 3.63) is 141 Å². The molecule has 2 N–H and O–H groups in total. The van der Waals surface area contributed by atoms with Crippen LogP contribution in [0.4, 0.5) is 0 Å². The lowest BCUT2D eigenvalue weighted by Crippen LogP contribution is -2.41. The Hall–Kier alpha value is -1.99. The van der Waals surface area contributed by atoms with Crippen LogP contribution in [0.3, 0.4) is 0 Å². The molecule has 0 aromatic heterocycles. The smallest absolute Gasteiger partial charge is 0.347 e. The van der Waals surface area contributed by atoms with Crippen molar-refractivity contribution in [1.82, 2.24) is 0 Å². The molecule has 198 valence electrons. The highest BCUT2D eigenvalue weighted by Crippen LogP contribution is 2.49. The molecule has 0 bridgehead atoms. The maximum Gasteiger partial charge on any atom is 0.347 e. The molecule has 0 unspecified atom stereocenters. The number of carboxylic acids is 1. The lowest BCUT2D eigenvalue weighted by Gasteiger charge is -2.35. The molecule has 4 nitrogen and oxygen atoms in total. The van der Waals surface area contributed by atoms with E-state index in [0.29, 0.717) is 32.3 Å². The van der Waals surface area contributed by atoms with Crippen LogP contribution in [0.2, 0.25) is 10.0 Å². The topological polar surface area (TPSA) is 66.8 Å². The maximum atomic E-state index is 11.6. The average Bonchev–Trinajstić information content (AvgIpc) is 2.91. The van der Waals surface area contributed by atoms with E-state index in [1.54, 1.807) is 109 Å². The fraction of sp³-hybridized carbons (Fsp3) is 0.107. The second-order valence-corrected chi connectivity index (χ2v) is 11.3. The Balaban J connectivity index is 0.000000212. The lowest BCUT2D eigenvalue weighted by molar-refractivity contribution is -0.152. The van der Waals surface area contributed by atoms with Gasteiger partial charge in [-0.1, -0.05) is 143 Å². The Labute approximate surface area is 250 Å². The molecule has 0 fully saturated rings. The van der Waals surface area contributed by atoms with Gasteiger partial charge in [-0.2, -0.15) is 0 Å². The van der Waals surface area contributed by atoms with Gasteiger partial charge in [-0.05, 0) is 35.4 Å². The van der Waals surface area contributed by atoms with Gasteiger partial charge in [0.1, 0.15) is 0 Å². The van der Waals surface area contributed by atoms with Crippen LogP contribution in [0.1, 0.15) is 22.3 Å². The molecule has 0 aliphatic rings. The molecule has 0 saturated carbocycles. The van der Waals surface area contributed by atoms with Gasteiger partial charge in [-0.25, -0.2) is 4.79 Å². The van der Waals surface area contributed by atoms with E-state index in [2.05, 4.69) is 0 Å². The number of halogens is 6. The molecule has 0 spiro atoms. The molecule has 0 aliphatic heterocycles. The Bertz CT molecular complexity index is 1240. The van der Waals surface area contributed by atoms with Crippen molar-refractivity contribution in [2.45, 2.75) is 15.0 Å². The standard InChI is InChI=1S/C14H9Cl5O.C14H11ClO3/c15-11-5-1-9(2-6-11)13(20,14(17,18)19)10-3-7-12(16)8-4-10;15-18-14(13(16)17,11-7-3-1-4-8-11)12-9-5-2-6-10-12/h1-8,20H;1-10H,(H,16,17). The third kappa shape index (κ3) is 6.41. The summed E-state index contributed by atoms with van der Waals surface area (Å²) in [4.78, 5) is 11.6. The number of benzene rings is 4. The zero-order chi connectivity index (χ0) is 28.0. The fourth-order valence-electron chi connectivity index (χ4n) is 3.76. The third-order valence-electron chi connectivity index (χ3n) is 5.71. The van der Waals surface area contributed by atoms with Gasteiger partial charge in [0.05, 0.1) is 11.9 Å². The van der Waals surface area contributed by atoms with Crippen LogP contribution in [0.5, 0.6) is 0 Å². The van der Waals surface area contributed by atoms with E-state index in [4.69, 9.17) is 74.2 Å². The summed E-state index contributed by atoms with van der Waals surface area (Å²) in [6, 6.07) is 30.2. The molecular weight excluding hydrogens is 613 g/mol. The minimum absolute atomic E-state index is 0.421. The van der Waals surface area contributed by atoms with Crippen LogP contribution in [0, 0.1) is 0 Å². The Kier molecular flexibility index (Phi) is 10.4. The summed E-state index contributed by atoms with van der Waals surface area (Å²) in [6.07, 6.45) is 0. The normalized spacial score (nSPS) is 11.9. The largest absolute Gasteiger partial charge is 0.479 e. The highest BCUT2D eigenvalue weighted by Gasteiger charge is 2.50. The molecule has 0 atom stereocenters. The average molecular weight is 633 g/mol. The molecule has 38 heavy (non-hydrogen) atoms. The highest BCUT2D eigenvalue weighted by atomic mass is 35.6. The molecule has 4 aromatic rings. The van der Waals surface area contributed by atoms with E-state index in [-0.39, 0.29) is 0 Å².